The van der Waals surface area contributed by atoms with Crippen LogP contribution in [0.4, 0.5) is 21.9 Å². The second kappa shape index (κ2) is 34.0. The van der Waals surface area contributed by atoms with Gasteiger partial charge in [0.2, 0.25) is 17.7 Å². The number of pyridine rings is 4. The molecule has 0 spiro atoms. The number of benzene rings is 3. The van der Waals surface area contributed by atoms with Crippen molar-refractivity contribution in [3.8, 4) is 23.7 Å². The van der Waals surface area contributed by atoms with Crippen LogP contribution in [-0.2, 0) is 23.9 Å². The smallest absolute Gasteiger partial charge is 0.410 e. The van der Waals surface area contributed by atoms with Gasteiger partial charge in [-0.25, -0.2) is 21.1 Å². The zero-order valence-corrected chi connectivity index (χ0v) is 62.9. The van der Waals surface area contributed by atoms with E-state index in [4.69, 9.17) is 9.84 Å². The van der Waals surface area contributed by atoms with Crippen LogP contribution in [0.25, 0.3) is 32.7 Å². The fourth-order valence-corrected chi connectivity index (χ4v) is 13.9. The summed E-state index contributed by atoms with van der Waals surface area (Å²) in [4.78, 5) is 126. The van der Waals surface area contributed by atoms with Crippen LogP contribution in [0.2, 0.25) is 0 Å². The lowest BCUT2D eigenvalue weighted by atomic mass is 10.0. The van der Waals surface area contributed by atoms with Gasteiger partial charge in [-0.1, -0.05) is 43.5 Å². The van der Waals surface area contributed by atoms with E-state index in [0.29, 0.717) is 68.2 Å². The number of carbonyl (C=O) groups is 8. The Morgan fingerprint density at radius 1 is 0.541 bits per heavy atom. The molecule has 17 rings (SSSR count). The minimum atomic E-state index is -0.691. The Labute approximate surface area is 657 Å². The first-order valence-corrected chi connectivity index (χ1v) is 35.5. The van der Waals surface area contributed by atoms with E-state index in [1.807, 2.05) is 67.7 Å². The molecule has 7 aliphatic rings. The number of nitrogens with one attached hydrogen (secondary N) is 10. The van der Waals surface area contributed by atoms with Crippen molar-refractivity contribution in [2.24, 2.45) is 39.0 Å². The highest BCUT2D eigenvalue weighted by Crippen LogP contribution is 2.51. The molecular weight excluding hydrogens is 1520 g/mol. The maximum Gasteiger partial charge on any atom is 0.410 e. The maximum absolute atomic E-state index is 12.9. The minimum Gasteiger partial charge on any atom is -0.481 e. The normalized spacial score (nSPS) is 19.1. The molecule has 568 valence electrons. The first kappa shape index (κ1) is 79.6. The predicted octanol–water partition coefficient (Wildman–Crippen LogP) is 11.4. The van der Waals surface area contributed by atoms with Crippen LogP contribution in [0.3, 0.4) is 0 Å². The minimum absolute atomic E-state index is 0. The van der Waals surface area contributed by atoms with Crippen molar-refractivity contribution in [2.45, 2.75) is 83.2 Å². The molecule has 8 unspecified atom stereocenters. The Balaban J connectivity index is 0.000000153. The Morgan fingerprint density at radius 3 is 1.24 bits per heavy atom. The number of amides is 7. The summed E-state index contributed by atoms with van der Waals surface area (Å²) in [7, 11) is 3.43. The highest BCUT2D eigenvalue weighted by atomic mass is 79.9. The van der Waals surface area contributed by atoms with Crippen molar-refractivity contribution in [1.82, 2.24) is 61.4 Å². The van der Waals surface area contributed by atoms with Crippen molar-refractivity contribution in [3.05, 3.63) is 206 Å². The molecule has 4 aliphatic carbocycles. The number of H-pyrrole nitrogens is 3. The molecule has 0 saturated heterocycles. The van der Waals surface area contributed by atoms with Crippen molar-refractivity contribution in [3.63, 3.8) is 0 Å². The Kier molecular flexibility index (Phi) is 24.4. The number of carbonyl (C=O) groups excluding carboxylic acids is 7. The molecule has 11 N–H and O–H groups in total. The second-order valence-electron chi connectivity index (χ2n) is 27.8. The number of carboxylic acid groups (broad SMARTS) is 1. The third-order valence-electron chi connectivity index (χ3n) is 19.0. The van der Waals surface area contributed by atoms with Gasteiger partial charge in [-0.2, -0.15) is 15.3 Å². The van der Waals surface area contributed by atoms with Crippen LogP contribution in [-0.4, -0.2) is 144 Å². The number of carboxylic acids is 1. The lowest BCUT2D eigenvalue weighted by molar-refractivity contribution is -0.138. The molecule has 10 heterocycles. The molecule has 3 aromatic carbocycles. The van der Waals surface area contributed by atoms with Crippen LogP contribution in [0, 0.1) is 47.4 Å². The molecule has 7 amide bonds. The van der Waals surface area contributed by atoms with E-state index in [1.54, 1.807) is 114 Å². The third-order valence-corrected chi connectivity index (χ3v) is 19.7. The summed E-state index contributed by atoms with van der Waals surface area (Å²) < 4.78 is 6.09. The number of aromatic amines is 3. The van der Waals surface area contributed by atoms with Gasteiger partial charge in [-0.15, -0.1) is 24.8 Å². The molecule has 10 aromatic rings. The number of aromatic nitrogens is 7. The summed E-state index contributed by atoms with van der Waals surface area (Å²) in [5.74, 6) is 10.4. The molecule has 4 saturated carbocycles. The van der Waals surface area contributed by atoms with Crippen LogP contribution in [0.15, 0.2) is 154 Å². The summed E-state index contributed by atoms with van der Waals surface area (Å²) in [6.45, 7) is 6.09. The van der Waals surface area contributed by atoms with E-state index >= 15 is 0 Å². The Hall–Kier alpha value is -12.4. The van der Waals surface area contributed by atoms with Gasteiger partial charge in [0.15, 0.2) is 0 Å². The summed E-state index contributed by atoms with van der Waals surface area (Å²) >= 11 is 3.46. The zero-order valence-electron chi connectivity index (χ0n) is 59.7. The van der Waals surface area contributed by atoms with Crippen molar-refractivity contribution < 1.29 is 48.2 Å². The molecular formula is C80H77BrCl2N18O10. The first-order chi connectivity index (χ1) is 52.2. The van der Waals surface area contributed by atoms with Gasteiger partial charge >= 0.3 is 12.1 Å². The molecule has 28 nitrogen and oxygen atoms in total. The Bertz CT molecular complexity index is 5510. The average Bonchev–Trinajstić information content (AvgIpc) is 1.61. The van der Waals surface area contributed by atoms with E-state index in [-0.39, 0.29) is 122 Å². The van der Waals surface area contributed by atoms with Gasteiger partial charge in [0, 0.05) is 141 Å². The second-order valence-corrected chi connectivity index (χ2v) is 28.6. The van der Waals surface area contributed by atoms with Crippen LogP contribution >= 0.6 is 40.7 Å². The largest absolute Gasteiger partial charge is 0.481 e. The van der Waals surface area contributed by atoms with E-state index in [2.05, 4.69) is 127 Å². The predicted molar refractivity (Wildman–Crippen MR) is 429 cm³/mol. The van der Waals surface area contributed by atoms with E-state index in [0.717, 1.165) is 85.5 Å². The number of nitrogens with zero attached hydrogens (tertiary/aromatic N) is 8. The lowest BCUT2D eigenvalue weighted by Gasteiger charge is -2.23. The number of hydrogen-bond acceptors (Lipinski definition) is 17. The maximum atomic E-state index is 12.9. The molecule has 31 heteroatoms. The number of aliphatic carboxylic acids is 1. The fourth-order valence-electron chi connectivity index (χ4n) is 13.4. The average molecular weight is 1600 g/mol. The molecule has 111 heavy (non-hydrogen) atoms. The highest BCUT2D eigenvalue weighted by Gasteiger charge is 2.47. The van der Waals surface area contributed by atoms with Crippen LogP contribution in [0.1, 0.15) is 159 Å². The number of ether oxygens (including phenoxy) is 1. The molecule has 0 radical (unpaired) electrons. The standard InChI is InChI=1S/C28H28N6O4.C23H20N6O2.C19H14BrN5O2.C9H9NO2.CH4.2ClH/c1-28(2,3)38-27(37)34(4)10-6-8-22-21-15-30-33-26(36)20-11-17(12-23(32-22)24(20)21)31-25(35)19-13-18(19)16-7-5-9-29-14-16;1-24-6-3-5-19-18-12-26-29-23(31)17-8-14(9-20(28-19)21(17)18)27-22(30)16-10-15(16)13-4-2-7-25-11-13;20-17-14-8-22-25-19(27)13-4-10(5-15(24-17)16(13)14)23-18(26)12-6-11(12)9-2-1-3-21-7-9;11-9(12)8-4-7(8)6-2-1-3-10-5-6;;;/h5,7,9,11-12,14-15,18-19,32H,10,13H2,1-4H3,(H,31,35)(H,33,36);2,4,7-9,11-12,15-16,24,28H,6,10H2,1H3,(H,27,30)(H,29,31);1-5,7-8,11-12,24H,6H2,(H,23,26)(H,25,27);1-3,5,7-8H,4H2,(H,11,12);1H4;2*1H. The van der Waals surface area contributed by atoms with Gasteiger partial charge in [-0.3, -0.25) is 53.5 Å². The highest BCUT2D eigenvalue weighted by molar-refractivity contribution is 9.10. The molecule has 0 bridgehead atoms. The number of hydrogen-bond donors (Lipinski definition) is 11. The quantitative estimate of drug-likeness (QED) is 0.0478. The molecule has 7 aromatic heterocycles. The van der Waals surface area contributed by atoms with Gasteiger partial charge in [0.25, 0.3) is 17.7 Å². The SMILES string of the molecule is C.CN(CC#Cc1[nH]c2cc(NC(=O)C3CC3c3cccnc3)cc3c2c1C=NNC3=O)C(=O)OC(C)(C)C.CNCC#Cc1[nH]c2cc(NC(=O)C3CC3c3cccnc3)cc3c2c1C=NNC3=O.Cl.Cl.O=C(O)C1CC1c1cccnc1.O=C1NN=Cc2c(Br)[nH]c3cc(NC(=O)C4CC4c4cccnc4)cc1c23. The molecule has 4 fully saturated rings. The number of halogens is 3. The van der Waals surface area contributed by atoms with Crippen molar-refractivity contribution in [2.75, 3.05) is 43.1 Å². The summed E-state index contributed by atoms with van der Waals surface area (Å²) in [5.41, 5.74) is 19.6. The Morgan fingerprint density at radius 2 is 0.892 bits per heavy atom. The van der Waals surface area contributed by atoms with Crippen LogP contribution in [0.5, 0.6) is 0 Å². The number of rotatable bonds is 13. The van der Waals surface area contributed by atoms with Crippen LogP contribution < -0.4 is 37.5 Å². The van der Waals surface area contributed by atoms with E-state index in [1.165, 1.54) is 11.1 Å². The zero-order chi connectivity index (χ0) is 75.5. The van der Waals surface area contributed by atoms with Crippen molar-refractivity contribution in [1.29, 1.82) is 0 Å². The van der Waals surface area contributed by atoms with Gasteiger partial charge in [0.05, 0.1) is 70.3 Å². The van der Waals surface area contributed by atoms with Gasteiger partial charge < -0.3 is 51.0 Å². The van der Waals surface area contributed by atoms with E-state index in [9.17, 15) is 38.4 Å². The number of anilines is 3. The fraction of sp³-hybridized carbons (Fsp3) is 0.263. The summed E-state index contributed by atoms with van der Waals surface area (Å²) in [6, 6.07) is 25.8. The molecule has 8 atom stereocenters. The summed E-state index contributed by atoms with van der Waals surface area (Å²) in [6.07, 6.45) is 21.4. The topological polar surface area (TPSA) is 389 Å². The molecule has 3 aliphatic heterocycles. The monoisotopic (exact) mass is 1600 g/mol. The van der Waals surface area contributed by atoms with E-state index < -0.39 is 17.7 Å². The van der Waals surface area contributed by atoms with Gasteiger partial charge in [0.1, 0.15) is 5.60 Å². The number of hydrazone groups is 3. The summed E-state index contributed by atoms with van der Waals surface area (Å²) in [5, 5.41) is 34.6. The lowest BCUT2D eigenvalue weighted by Crippen LogP contribution is -2.34. The third kappa shape index (κ3) is 18.2. The first-order valence-electron chi connectivity index (χ1n) is 34.7. The van der Waals surface area contributed by atoms with Crippen molar-refractivity contribution >= 4 is 157 Å². The van der Waals surface area contributed by atoms with Gasteiger partial charge in [-0.05, 0) is 188 Å².